The van der Waals surface area contributed by atoms with Crippen LogP contribution in [0.3, 0.4) is 0 Å². The minimum Gasteiger partial charge on any atom is -0.497 e. The zero-order valence-electron chi connectivity index (χ0n) is 17.5. The molecule has 2 aromatic carbocycles. The molecule has 3 aromatic rings. The fourth-order valence-electron chi connectivity index (χ4n) is 3.71. The van der Waals surface area contributed by atoms with Crippen LogP contribution in [0.5, 0.6) is 11.5 Å². The highest BCUT2D eigenvalue weighted by Gasteiger charge is 2.22. The molecule has 9 nitrogen and oxygen atoms in total. The van der Waals surface area contributed by atoms with Gasteiger partial charge >= 0.3 is 5.97 Å². The van der Waals surface area contributed by atoms with Gasteiger partial charge in [-0.1, -0.05) is 0 Å². The number of fused-ring (bicyclic) bond motifs is 2. The summed E-state index contributed by atoms with van der Waals surface area (Å²) >= 11 is 0. The molecule has 1 aliphatic rings. The van der Waals surface area contributed by atoms with Crippen molar-refractivity contribution in [3.8, 4) is 11.5 Å². The molecule has 2 heterocycles. The van der Waals surface area contributed by atoms with Crippen LogP contribution in [-0.4, -0.2) is 40.8 Å². The van der Waals surface area contributed by atoms with Crippen molar-refractivity contribution in [2.45, 2.75) is 19.4 Å². The number of aromatic nitrogens is 2. The SMILES string of the molecule is COc1ccc(OC)c(C=C2CCn3c2nc2cc(NC(=O)CC(=O)O)ccc2c3=O)c1. The Hall–Kier alpha value is -4.14. The van der Waals surface area contributed by atoms with Crippen LogP contribution in [0.15, 0.2) is 41.2 Å². The van der Waals surface area contributed by atoms with E-state index in [1.807, 2.05) is 18.2 Å². The number of nitrogens with zero attached hydrogens (tertiary/aromatic N) is 2. The minimum atomic E-state index is -1.22. The molecule has 0 saturated heterocycles. The lowest BCUT2D eigenvalue weighted by Gasteiger charge is -2.10. The molecular weight excluding hydrogens is 414 g/mol. The molecule has 9 heteroatoms. The number of methoxy groups -OCH3 is 2. The number of nitrogens with one attached hydrogen (secondary N) is 1. The first-order chi connectivity index (χ1) is 15.4. The highest BCUT2D eigenvalue weighted by molar-refractivity contribution is 6.02. The molecule has 0 aliphatic carbocycles. The molecule has 2 N–H and O–H groups in total. The van der Waals surface area contributed by atoms with Crippen LogP contribution in [0.25, 0.3) is 22.6 Å². The van der Waals surface area contributed by atoms with Crippen molar-refractivity contribution in [1.82, 2.24) is 9.55 Å². The number of hydrogen-bond donors (Lipinski definition) is 2. The maximum Gasteiger partial charge on any atom is 0.312 e. The molecule has 0 fully saturated rings. The van der Waals surface area contributed by atoms with Crippen LogP contribution < -0.4 is 20.3 Å². The molecule has 0 spiro atoms. The number of rotatable bonds is 6. The molecule has 0 bridgehead atoms. The van der Waals surface area contributed by atoms with Crippen LogP contribution in [0.2, 0.25) is 0 Å². The van der Waals surface area contributed by atoms with Gasteiger partial charge in [0.15, 0.2) is 0 Å². The maximum atomic E-state index is 13.0. The van der Waals surface area contributed by atoms with Gasteiger partial charge in [0.1, 0.15) is 23.7 Å². The van der Waals surface area contributed by atoms with Crippen LogP contribution in [-0.2, 0) is 16.1 Å². The van der Waals surface area contributed by atoms with Gasteiger partial charge in [-0.25, -0.2) is 4.98 Å². The highest BCUT2D eigenvalue weighted by atomic mass is 16.5. The minimum absolute atomic E-state index is 0.172. The van der Waals surface area contributed by atoms with E-state index in [0.29, 0.717) is 46.9 Å². The Morgan fingerprint density at radius 1 is 1.19 bits per heavy atom. The van der Waals surface area contributed by atoms with Gasteiger partial charge in [-0.3, -0.25) is 19.0 Å². The molecule has 164 valence electrons. The summed E-state index contributed by atoms with van der Waals surface area (Å²) in [5.74, 6) is 0.0200. The Kier molecular flexibility index (Phi) is 5.63. The molecule has 4 rings (SSSR count). The van der Waals surface area contributed by atoms with E-state index in [-0.39, 0.29) is 5.56 Å². The number of hydrogen-bond acceptors (Lipinski definition) is 6. The van der Waals surface area contributed by atoms with Crippen molar-refractivity contribution in [3.63, 3.8) is 0 Å². The normalized spacial score (nSPS) is 13.8. The summed E-state index contributed by atoms with van der Waals surface area (Å²) < 4.78 is 12.4. The molecule has 1 aliphatic heterocycles. The fraction of sp³-hybridized carbons (Fsp3) is 0.217. The number of carboxylic acid groups (broad SMARTS) is 1. The van der Waals surface area contributed by atoms with Crippen LogP contribution in [0.1, 0.15) is 24.2 Å². The molecule has 0 saturated carbocycles. The number of ether oxygens (including phenoxy) is 2. The van der Waals surface area contributed by atoms with Gasteiger partial charge in [0.25, 0.3) is 5.56 Å². The Labute approximate surface area is 182 Å². The van der Waals surface area contributed by atoms with Gasteiger partial charge in [-0.05, 0) is 54.5 Å². The lowest BCUT2D eigenvalue weighted by atomic mass is 10.1. The Balaban J connectivity index is 1.76. The average molecular weight is 435 g/mol. The second-order valence-electron chi connectivity index (χ2n) is 7.27. The zero-order valence-corrected chi connectivity index (χ0v) is 17.5. The number of amides is 1. The largest absolute Gasteiger partial charge is 0.497 e. The molecule has 0 atom stereocenters. The van der Waals surface area contributed by atoms with Crippen molar-refractivity contribution in [3.05, 3.63) is 58.1 Å². The van der Waals surface area contributed by atoms with Gasteiger partial charge < -0.3 is 19.9 Å². The summed E-state index contributed by atoms with van der Waals surface area (Å²) in [5, 5.41) is 11.7. The zero-order chi connectivity index (χ0) is 22.8. The van der Waals surface area contributed by atoms with E-state index in [0.717, 1.165) is 11.1 Å². The van der Waals surface area contributed by atoms with Gasteiger partial charge in [0.05, 0.1) is 25.1 Å². The van der Waals surface area contributed by atoms with E-state index in [2.05, 4.69) is 10.3 Å². The highest BCUT2D eigenvalue weighted by Crippen LogP contribution is 2.32. The van der Waals surface area contributed by atoms with Crippen molar-refractivity contribution in [2.24, 2.45) is 0 Å². The molecule has 0 radical (unpaired) electrons. The Bertz CT molecular complexity index is 1330. The van der Waals surface area contributed by atoms with E-state index in [9.17, 15) is 14.4 Å². The van der Waals surface area contributed by atoms with Crippen molar-refractivity contribution >= 4 is 40.1 Å². The van der Waals surface area contributed by atoms with Gasteiger partial charge in [0.2, 0.25) is 5.91 Å². The second kappa shape index (κ2) is 8.54. The fourth-order valence-corrected chi connectivity index (χ4v) is 3.71. The number of carbonyl (C=O) groups is 2. The quantitative estimate of drug-likeness (QED) is 0.571. The molecule has 1 aromatic heterocycles. The summed E-state index contributed by atoms with van der Waals surface area (Å²) in [5.41, 5.74) is 2.29. The summed E-state index contributed by atoms with van der Waals surface area (Å²) in [6, 6.07) is 10.2. The summed E-state index contributed by atoms with van der Waals surface area (Å²) in [4.78, 5) is 40.2. The first-order valence-electron chi connectivity index (χ1n) is 9.89. The lowest BCUT2D eigenvalue weighted by molar-refractivity contribution is -0.139. The predicted octanol–water partition coefficient (Wildman–Crippen LogP) is 2.77. The number of carbonyl (C=O) groups excluding carboxylic acids is 1. The number of benzene rings is 2. The number of allylic oxidation sites excluding steroid dienone is 1. The number of anilines is 1. The van der Waals surface area contributed by atoms with E-state index in [1.54, 1.807) is 43.1 Å². The molecular formula is C23H21N3O6. The summed E-state index contributed by atoms with van der Waals surface area (Å²) in [7, 11) is 3.17. The number of aliphatic carboxylic acids is 1. The van der Waals surface area contributed by atoms with Crippen molar-refractivity contribution in [2.75, 3.05) is 19.5 Å². The van der Waals surface area contributed by atoms with E-state index in [4.69, 9.17) is 14.6 Å². The molecule has 1 amide bonds. The maximum absolute atomic E-state index is 13.0. The first-order valence-corrected chi connectivity index (χ1v) is 9.89. The first kappa shape index (κ1) is 21.1. The van der Waals surface area contributed by atoms with Crippen molar-refractivity contribution < 1.29 is 24.2 Å². The van der Waals surface area contributed by atoms with Gasteiger partial charge in [-0.2, -0.15) is 0 Å². The van der Waals surface area contributed by atoms with Crippen LogP contribution in [0, 0.1) is 0 Å². The molecule has 0 unspecified atom stereocenters. The lowest BCUT2D eigenvalue weighted by Crippen LogP contribution is -2.21. The van der Waals surface area contributed by atoms with E-state index < -0.39 is 18.3 Å². The predicted molar refractivity (Wildman–Crippen MR) is 119 cm³/mol. The third kappa shape index (κ3) is 4.04. The second-order valence-corrected chi connectivity index (χ2v) is 7.27. The standard InChI is InChI=1S/C23H21N3O6/c1-31-16-4-6-19(32-2)14(10-16)9-13-7-8-26-22(13)25-18-11-15(3-5-17(18)23(26)30)24-20(27)12-21(28)29/h3-6,9-11H,7-8,12H2,1-2H3,(H,24,27)(H,28,29). The van der Waals surface area contributed by atoms with Crippen LogP contribution >= 0.6 is 0 Å². The Morgan fingerprint density at radius 3 is 2.72 bits per heavy atom. The smallest absolute Gasteiger partial charge is 0.312 e. The third-order valence-electron chi connectivity index (χ3n) is 5.21. The third-order valence-corrected chi connectivity index (χ3v) is 5.21. The molecule has 32 heavy (non-hydrogen) atoms. The summed E-state index contributed by atoms with van der Waals surface area (Å²) in [6.07, 6.45) is 1.91. The van der Waals surface area contributed by atoms with E-state index in [1.165, 1.54) is 0 Å². The van der Waals surface area contributed by atoms with Crippen molar-refractivity contribution in [1.29, 1.82) is 0 Å². The topological polar surface area (TPSA) is 120 Å². The van der Waals surface area contributed by atoms with Gasteiger partial charge in [-0.15, -0.1) is 0 Å². The number of carboxylic acids is 1. The van der Waals surface area contributed by atoms with E-state index >= 15 is 0 Å². The van der Waals surface area contributed by atoms with Crippen LogP contribution in [0.4, 0.5) is 5.69 Å². The average Bonchev–Trinajstić information content (AvgIpc) is 3.15. The van der Waals surface area contributed by atoms with Gasteiger partial charge in [0, 0.05) is 17.8 Å². The Morgan fingerprint density at radius 2 is 2.00 bits per heavy atom. The summed E-state index contributed by atoms with van der Waals surface area (Å²) in [6.45, 7) is 0.506. The monoisotopic (exact) mass is 435 g/mol.